The van der Waals surface area contributed by atoms with Crippen LogP contribution in [-0.4, -0.2) is 22.5 Å². The highest BCUT2D eigenvalue weighted by Crippen LogP contribution is 2.55. The van der Waals surface area contributed by atoms with Gasteiger partial charge in [0.25, 0.3) is 0 Å². The zero-order chi connectivity index (χ0) is 18.9. The Balaban J connectivity index is 2.05. The molecule has 2 unspecified atom stereocenters. The first kappa shape index (κ1) is 18.6. The van der Waals surface area contributed by atoms with Gasteiger partial charge in [-0.15, -0.1) is 11.8 Å². The summed E-state index contributed by atoms with van der Waals surface area (Å²) in [5.41, 5.74) is 1.74. The molecule has 1 aliphatic rings. The summed E-state index contributed by atoms with van der Waals surface area (Å²) >= 11 is 7.53. The highest BCUT2D eigenvalue weighted by molar-refractivity contribution is 7.99. The van der Waals surface area contributed by atoms with Crippen molar-refractivity contribution < 1.29 is 14.7 Å². The molecule has 1 aliphatic heterocycles. The molecule has 136 valence electrons. The summed E-state index contributed by atoms with van der Waals surface area (Å²) in [6, 6.07) is 13.0. The average Bonchev–Trinajstić information content (AvgIpc) is 2.81. The van der Waals surface area contributed by atoms with Crippen LogP contribution in [0.25, 0.3) is 0 Å². The number of thioether (sulfide) groups is 1. The number of hydrogen-bond donors (Lipinski definition) is 3. The van der Waals surface area contributed by atoms with Gasteiger partial charge < -0.3 is 15.7 Å². The van der Waals surface area contributed by atoms with Crippen molar-refractivity contribution in [3.05, 3.63) is 53.1 Å². The monoisotopic (exact) mass is 390 g/mol. The van der Waals surface area contributed by atoms with Crippen molar-refractivity contribution >= 4 is 46.6 Å². The molecule has 1 heterocycles. The van der Waals surface area contributed by atoms with Gasteiger partial charge in [-0.25, -0.2) is 0 Å². The number of carbonyl (C=O) groups excluding carboxylic acids is 1. The molecule has 3 N–H and O–H groups in total. The van der Waals surface area contributed by atoms with Gasteiger partial charge in [0, 0.05) is 33.8 Å². The van der Waals surface area contributed by atoms with Crippen molar-refractivity contribution in [2.75, 3.05) is 10.6 Å². The molecule has 26 heavy (non-hydrogen) atoms. The van der Waals surface area contributed by atoms with Crippen LogP contribution in [0.4, 0.5) is 11.4 Å². The van der Waals surface area contributed by atoms with Crippen molar-refractivity contribution in [1.82, 2.24) is 0 Å². The van der Waals surface area contributed by atoms with Gasteiger partial charge in [-0.2, -0.15) is 0 Å². The molecule has 0 saturated heterocycles. The molecule has 0 aliphatic carbocycles. The van der Waals surface area contributed by atoms with Gasteiger partial charge in [-0.3, -0.25) is 9.59 Å². The Hall–Kier alpha value is -2.18. The van der Waals surface area contributed by atoms with E-state index in [9.17, 15) is 14.7 Å². The van der Waals surface area contributed by atoms with E-state index in [2.05, 4.69) is 10.6 Å². The van der Waals surface area contributed by atoms with E-state index in [0.29, 0.717) is 10.7 Å². The number of halogens is 1. The van der Waals surface area contributed by atoms with E-state index in [1.807, 2.05) is 37.3 Å². The van der Waals surface area contributed by atoms with Gasteiger partial charge >= 0.3 is 5.97 Å². The number of amides is 1. The number of carboxylic acids is 1. The smallest absolute Gasteiger partial charge is 0.305 e. The number of carboxylic acid groups (broad SMARTS) is 1. The molecular formula is C19H19ClN2O3S. The third-order valence-corrected chi connectivity index (χ3v) is 6.05. The summed E-state index contributed by atoms with van der Waals surface area (Å²) in [6.07, 6.45) is -0.0492. The Kier molecular flexibility index (Phi) is 5.16. The summed E-state index contributed by atoms with van der Waals surface area (Å²) in [7, 11) is 0. The summed E-state index contributed by atoms with van der Waals surface area (Å²) < 4.78 is 0. The number of nitrogens with one attached hydrogen (secondary N) is 2. The fourth-order valence-corrected chi connectivity index (χ4v) is 4.70. The van der Waals surface area contributed by atoms with Gasteiger partial charge in [-0.05, 0) is 43.3 Å². The van der Waals surface area contributed by atoms with Crippen molar-refractivity contribution in [2.24, 2.45) is 0 Å². The van der Waals surface area contributed by atoms with E-state index >= 15 is 0 Å². The quantitative estimate of drug-likeness (QED) is 0.684. The third kappa shape index (κ3) is 3.81. The van der Waals surface area contributed by atoms with Gasteiger partial charge in [0.2, 0.25) is 5.91 Å². The SMILES string of the molecule is CC(=O)Nc1cccc2c1C(Sc1ccc(Cl)cc1)C(C)(CC(=O)O)N2. The first-order chi connectivity index (χ1) is 12.3. The summed E-state index contributed by atoms with van der Waals surface area (Å²) in [6.45, 7) is 3.35. The van der Waals surface area contributed by atoms with Gasteiger partial charge in [0.05, 0.1) is 17.2 Å². The Bertz CT molecular complexity index is 856. The van der Waals surface area contributed by atoms with Gasteiger partial charge in [0.1, 0.15) is 0 Å². The predicted molar refractivity (Wildman–Crippen MR) is 105 cm³/mol. The van der Waals surface area contributed by atoms with Crippen molar-refractivity contribution in [3.8, 4) is 0 Å². The second kappa shape index (κ2) is 7.21. The molecule has 2 atom stereocenters. The van der Waals surface area contributed by atoms with E-state index in [1.165, 1.54) is 6.92 Å². The Morgan fingerprint density at radius 1 is 1.27 bits per heavy atom. The second-order valence-corrected chi connectivity index (χ2v) is 8.13. The standard InChI is InChI=1S/C19H19ClN2O3S/c1-11(23)21-14-4-3-5-15-17(14)18(19(2,22-15)10-16(24)25)26-13-8-6-12(20)7-9-13/h3-9,18,22H,10H2,1-2H3,(H,21,23)(H,24,25). The van der Waals surface area contributed by atoms with E-state index in [4.69, 9.17) is 11.6 Å². The Labute approximate surface area is 161 Å². The minimum atomic E-state index is -0.879. The number of benzene rings is 2. The molecule has 3 rings (SSSR count). The van der Waals surface area contributed by atoms with Crippen molar-refractivity contribution in [2.45, 2.75) is 36.0 Å². The topological polar surface area (TPSA) is 78.4 Å². The first-order valence-corrected chi connectivity index (χ1v) is 9.37. The number of aliphatic carboxylic acids is 1. The lowest BCUT2D eigenvalue weighted by molar-refractivity contribution is -0.138. The minimum absolute atomic E-state index is 0.0492. The number of rotatable bonds is 5. The zero-order valence-corrected chi connectivity index (χ0v) is 15.9. The highest BCUT2D eigenvalue weighted by Gasteiger charge is 2.45. The predicted octanol–water partition coefficient (Wildman–Crippen LogP) is 4.79. The molecular weight excluding hydrogens is 372 g/mol. The van der Waals surface area contributed by atoms with E-state index in [0.717, 1.165) is 16.1 Å². The van der Waals surface area contributed by atoms with Crippen molar-refractivity contribution in [3.63, 3.8) is 0 Å². The number of fused-ring (bicyclic) bond motifs is 1. The lowest BCUT2D eigenvalue weighted by Crippen LogP contribution is -2.37. The number of anilines is 2. The van der Waals surface area contributed by atoms with Crippen LogP contribution in [0.5, 0.6) is 0 Å². The lowest BCUT2D eigenvalue weighted by atomic mass is 9.92. The van der Waals surface area contributed by atoms with Crippen molar-refractivity contribution in [1.29, 1.82) is 0 Å². The van der Waals surface area contributed by atoms with Crippen LogP contribution < -0.4 is 10.6 Å². The van der Waals surface area contributed by atoms with Crippen LogP contribution in [0.15, 0.2) is 47.4 Å². The average molecular weight is 391 g/mol. The van der Waals surface area contributed by atoms with Crippen LogP contribution in [0.3, 0.4) is 0 Å². The Morgan fingerprint density at radius 3 is 2.58 bits per heavy atom. The summed E-state index contributed by atoms with van der Waals surface area (Å²) in [5.74, 6) is -1.05. The number of carbonyl (C=O) groups is 2. The molecule has 7 heteroatoms. The molecule has 5 nitrogen and oxygen atoms in total. The van der Waals surface area contributed by atoms with E-state index in [1.54, 1.807) is 23.9 Å². The second-order valence-electron chi connectivity index (χ2n) is 6.51. The lowest BCUT2D eigenvalue weighted by Gasteiger charge is -2.31. The highest BCUT2D eigenvalue weighted by atomic mass is 35.5. The molecule has 0 aromatic heterocycles. The van der Waals surface area contributed by atoms with Crippen LogP contribution in [-0.2, 0) is 9.59 Å². The molecule has 1 amide bonds. The molecule has 0 saturated carbocycles. The molecule has 0 bridgehead atoms. The van der Waals surface area contributed by atoms with Crippen LogP contribution in [0.1, 0.15) is 31.1 Å². The fourth-order valence-electron chi connectivity index (χ4n) is 3.24. The fraction of sp³-hybridized carbons (Fsp3) is 0.263. The molecule has 0 fully saturated rings. The van der Waals surface area contributed by atoms with Crippen LogP contribution >= 0.6 is 23.4 Å². The largest absolute Gasteiger partial charge is 0.481 e. The summed E-state index contributed by atoms with van der Waals surface area (Å²) in [4.78, 5) is 24.1. The van der Waals surface area contributed by atoms with Crippen LogP contribution in [0.2, 0.25) is 5.02 Å². The minimum Gasteiger partial charge on any atom is -0.481 e. The van der Waals surface area contributed by atoms with Crippen LogP contribution in [0, 0.1) is 0 Å². The maximum atomic E-state index is 11.6. The van der Waals surface area contributed by atoms with Gasteiger partial charge in [0.15, 0.2) is 0 Å². The zero-order valence-electron chi connectivity index (χ0n) is 14.4. The van der Waals surface area contributed by atoms with Gasteiger partial charge in [-0.1, -0.05) is 17.7 Å². The molecule has 2 aromatic carbocycles. The molecule has 0 spiro atoms. The molecule has 2 aromatic rings. The number of hydrogen-bond acceptors (Lipinski definition) is 4. The third-order valence-electron chi connectivity index (χ3n) is 4.26. The molecule has 0 radical (unpaired) electrons. The first-order valence-electron chi connectivity index (χ1n) is 8.11. The maximum absolute atomic E-state index is 11.6. The normalized spacial score (nSPS) is 21.0. The summed E-state index contributed by atoms with van der Waals surface area (Å²) in [5, 5.41) is 16.1. The van der Waals surface area contributed by atoms with E-state index < -0.39 is 11.5 Å². The maximum Gasteiger partial charge on any atom is 0.305 e. The Morgan fingerprint density at radius 2 is 1.96 bits per heavy atom. The van der Waals surface area contributed by atoms with E-state index in [-0.39, 0.29) is 17.6 Å².